The van der Waals surface area contributed by atoms with Crippen molar-refractivity contribution < 1.29 is 9.68 Å². The first kappa shape index (κ1) is 16.8. The van der Waals surface area contributed by atoms with E-state index in [1.54, 1.807) is 14.2 Å². The Morgan fingerprint density at radius 2 is 1.13 bits per heavy atom. The quantitative estimate of drug-likeness (QED) is 0.729. The summed E-state index contributed by atoms with van der Waals surface area (Å²) in [5.41, 5.74) is 9.85. The van der Waals surface area contributed by atoms with Gasteiger partial charge in [0, 0.05) is 0 Å². The Labute approximate surface area is 137 Å². The van der Waals surface area contributed by atoms with Crippen molar-refractivity contribution in [1.82, 2.24) is 11.0 Å². The Morgan fingerprint density at radius 1 is 0.739 bits per heavy atom. The number of allylic oxidation sites excluding steroid dienone is 2. The summed E-state index contributed by atoms with van der Waals surface area (Å²) in [4.78, 5) is 10.1. The minimum absolute atomic E-state index is 0.723. The van der Waals surface area contributed by atoms with E-state index in [0.29, 0.717) is 0 Å². The molecule has 0 aliphatic heterocycles. The molecule has 0 unspecified atom stereocenters. The highest BCUT2D eigenvalue weighted by molar-refractivity contribution is 5.66. The van der Waals surface area contributed by atoms with E-state index >= 15 is 0 Å². The van der Waals surface area contributed by atoms with E-state index in [1.807, 2.05) is 60.7 Å². The molecule has 0 saturated carbocycles. The molecule has 0 aliphatic carbocycles. The predicted molar refractivity (Wildman–Crippen MR) is 93.7 cm³/mol. The lowest BCUT2D eigenvalue weighted by Gasteiger charge is -2.10. The molecule has 2 aromatic carbocycles. The van der Waals surface area contributed by atoms with Crippen LogP contribution >= 0.6 is 0 Å². The summed E-state index contributed by atoms with van der Waals surface area (Å²) in [6.45, 7) is 0. The first-order valence-electron chi connectivity index (χ1n) is 7.44. The van der Waals surface area contributed by atoms with Crippen LogP contribution in [0.5, 0.6) is 0 Å². The smallest absolute Gasteiger partial charge is 0.0640 e. The van der Waals surface area contributed by atoms with Gasteiger partial charge in [-0.2, -0.15) is 0 Å². The van der Waals surface area contributed by atoms with Crippen molar-refractivity contribution in [3.63, 3.8) is 0 Å². The van der Waals surface area contributed by atoms with E-state index in [4.69, 9.17) is 9.68 Å². The van der Waals surface area contributed by atoms with Crippen LogP contribution in [-0.4, -0.2) is 14.2 Å². The number of hydroxylamine groups is 2. The zero-order chi connectivity index (χ0) is 16.3. The van der Waals surface area contributed by atoms with Gasteiger partial charge in [0.15, 0.2) is 0 Å². The molecule has 2 N–H and O–H groups in total. The van der Waals surface area contributed by atoms with Crippen LogP contribution in [0, 0.1) is 0 Å². The molecule has 4 nitrogen and oxygen atoms in total. The SMILES string of the molecule is CONC(=CCC=C(NOC)c1ccccc1)c1ccccc1. The average Bonchev–Trinajstić information content (AvgIpc) is 2.61. The second-order valence-corrected chi connectivity index (χ2v) is 4.82. The Hall–Kier alpha value is -2.56. The van der Waals surface area contributed by atoms with Crippen LogP contribution in [0.2, 0.25) is 0 Å². The van der Waals surface area contributed by atoms with E-state index in [-0.39, 0.29) is 0 Å². The summed E-state index contributed by atoms with van der Waals surface area (Å²) < 4.78 is 0. The van der Waals surface area contributed by atoms with Gasteiger partial charge >= 0.3 is 0 Å². The lowest BCUT2D eigenvalue weighted by molar-refractivity contribution is 0.136. The summed E-state index contributed by atoms with van der Waals surface area (Å²) in [5.74, 6) is 0. The van der Waals surface area contributed by atoms with Gasteiger partial charge in [0.05, 0.1) is 25.6 Å². The third-order valence-corrected chi connectivity index (χ3v) is 3.24. The fourth-order valence-corrected chi connectivity index (χ4v) is 2.19. The summed E-state index contributed by atoms with van der Waals surface area (Å²) in [5, 5.41) is 0. The predicted octanol–water partition coefficient (Wildman–Crippen LogP) is 3.76. The van der Waals surface area contributed by atoms with Crippen LogP contribution < -0.4 is 11.0 Å². The molecule has 0 heterocycles. The Bertz CT molecular complexity index is 579. The molecule has 0 spiro atoms. The van der Waals surface area contributed by atoms with Gasteiger partial charge in [0.1, 0.15) is 0 Å². The molecule has 0 saturated heterocycles. The normalized spacial score (nSPS) is 12.1. The molecule has 0 aliphatic rings. The zero-order valence-corrected chi connectivity index (χ0v) is 13.5. The largest absolute Gasteiger partial charge is 0.279 e. The average molecular weight is 310 g/mol. The maximum atomic E-state index is 5.07. The van der Waals surface area contributed by atoms with Crippen LogP contribution in [0.25, 0.3) is 11.4 Å². The van der Waals surface area contributed by atoms with Crippen LogP contribution in [0.3, 0.4) is 0 Å². The number of nitrogens with one attached hydrogen (secondary N) is 2. The summed E-state index contributed by atoms with van der Waals surface area (Å²) in [6.07, 6.45) is 4.86. The van der Waals surface area contributed by atoms with Gasteiger partial charge in [-0.3, -0.25) is 20.6 Å². The third-order valence-electron chi connectivity index (χ3n) is 3.24. The van der Waals surface area contributed by atoms with Gasteiger partial charge in [-0.05, 0) is 17.5 Å². The molecule has 0 atom stereocenters. The highest BCUT2D eigenvalue weighted by Gasteiger charge is 2.01. The van der Waals surface area contributed by atoms with Crippen LogP contribution in [0.4, 0.5) is 0 Å². The summed E-state index contributed by atoms with van der Waals surface area (Å²) >= 11 is 0. The minimum Gasteiger partial charge on any atom is -0.279 e. The maximum absolute atomic E-state index is 5.07. The van der Waals surface area contributed by atoms with E-state index in [1.165, 1.54) is 0 Å². The van der Waals surface area contributed by atoms with Crippen molar-refractivity contribution in [2.24, 2.45) is 0 Å². The van der Waals surface area contributed by atoms with Crippen molar-refractivity contribution in [3.8, 4) is 0 Å². The second kappa shape index (κ2) is 9.46. The maximum Gasteiger partial charge on any atom is 0.0640 e. The molecule has 0 radical (unpaired) electrons. The van der Waals surface area contributed by atoms with Crippen molar-refractivity contribution in [1.29, 1.82) is 0 Å². The molecule has 0 amide bonds. The third kappa shape index (κ3) is 5.29. The van der Waals surface area contributed by atoms with Gasteiger partial charge in [0.25, 0.3) is 0 Å². The molecule has 0 fully saturated rings. The fourth-order valence-electron chi connectivity index (χ4n) is 2.19. The molecule has 0 aromatic heterocycles. The van der Waals surface area contributed by atoms with Gasteiger partial charge in [-0.25, -0.2) is 0 Å². The zero-order valence-electron chi connectivity index (χ0n) is 13.5. The van der Waals surface area contributed by atoms with E-state index in [0.717, 1.165) is 28.9 Å². The Balaban J connectivity index is 2.17. The lowest BCUT2D eigenvalue weighted by atomic mass is 10.1. The number of hydrogen-bond donors (Lipinski definition) is 2. The minimum atomic E-state index is 0.723. The molecular formula is C19H22N2O2. The van der Waals surface area contributed by atoms with E-state index in [2.05, 4.69) is 23.1 Å². The van der Waals surface area contributed by atoms with E-state index < -0.39 is 0 Å². The van der Waals surface area contributed by atoms with Gasteiger partial charge < -0.3 is 0 Å². The first-order valence-corrected chi connectivity index (χ1v) is 7.44. The van der Waals surface area contributed by atoms with Crippen LogP contribution in [-0.2, 0) is 9.68 Å². The second-order valence-electron chi connectivity index (χ2n) is 4.82. The topological polar surface area (TPSA) is 42.5 Å². The van der Waals surface area contributed by atoms with E-state index in [9.17, 15) is 0 Å². The van der Waals surface area contributed by atoms with Crippen LogP contribution in [0.15, 0.2) is 72.8 Å². The molecule has 23 heavy (non-hydrogen) atoms. The molecule has 0 bridgehead atoms. The Kier molecular flexibility index (Phi) is 6.91. The highest BCUT2D eigenvalue weighted by atomic mass is 16.6. The fraction of sp³-hybridized carbons (Fsp3) is 0.158. The first-order chi connectivity index (χ1) is 11.3. The highest BCUT2D eigenvalue weighted by Crippen LogP contribution is 2.15. The van der Waals surface area contributed by atoms with Crippen molar-refractivity contribution in [2.75, 3.05) is 14.2 Å². The monoisotopic (exact) mass is 310 g/mol. The van der Waals surface area contributed by atoms with Gasteiger partial charge in [-0.1, -0.05) is 72.8 Å². The van der Waals surface area contributed by atoms with Crippen molar-refractivity contribution in [2.45, 2.75) is 6.42 Å². The number of hydrogen-bond acceptors (Lipinski definition) is 4. The van der Waals surface area contributed by atoms with Gasteiger partial charge in [0.2, 0.25) is 0 Å². The van der Waals surface area contributed by atoms with Crippen molar-refractivity contribution in [3.05, 3.63) is 83.9 Å². The summed E-state index contributed by atoms with van der Waals surface area (Å²) in [7, 11) is 3.21. The molecular weight excluding hydrogens is 288 g/mol. The standard InChI is InChI=1S/C19H22N2O2/c1-22-20-18(16-10-5-3-6-11-16)14-9-15-19(21-23-2)17-12-7-4-8-13-17/h3-8,10-15,20-21H,9H2,1-2H3. The molecule has 2 rings (SSSR count). The number of benzene rings is 2. The summed E-state index contributed by atoms with van der Waals surface area (Å²) in [6, 6.07) is 20.1. The number of rotatable bonds is 8. The Morgan fingerprint density at radius 3 is 1.48 bits per heavy atom. The van der Waals surface area contributed by atoms with Gasteiger partial charge in [-0.15, -0.1) is 0 Å². The van der Waals surface area contributed by atoms with Crippen molar-refractivity contribution >= 4 is 11.4 Å². The molecule has 120 valence electrons. The van der Waals surface area contributed by atoms with Crippen LogP contribution in [0.1, 0.15) is 17.5 Å². The molecule has 2 aromatic rings. The molecule has 4 heteroatoms. The lowest BCUT2D eigenvalue weighted by Crippen LogP contribution is -2.11.